The summed E-state index contributed by atoms with van der Waals surface area (Å²) in [6.45, 7) is 2.30. The summed E-state index contributed by atoms with van der Waals surface area (Å²) >= 11 is 0. The summed E-state index contributed by atoms with van der Waals surface area (Å²) in [5.74, 6) is 0.0158. The second-order valence-corrected chi connectivity index (χ2v) is 7.68. The summed E-state index contributed by atoms with van der Waals surface area (Å²) in [4.78, 5) is 24.4. The van der Waals surface area contributed by atoms with E-state index in [2.05, 4.69) is 0 Å². The maximum absolute atomic E-state index is 12.6. The highest BCUT2D eigenvalue weighted by atomic mass is 16.6. The third-order valence-electron chi connectivity index (χ3n) is 5.92. The first-order valence-electron chi connectivity index (χ1n) is 11.4. The van der Waals surface area contributed by atoms with Crippen LogP contribution in [-0.2, 0) is 20.9 Å². The number of hydrogen-bond donors (Lipinski definition) is 0. The molecule has 0 radical (unpaired) electrons. The molecule has 1 aliphatic heterocycles. The molecule has 1 saturated carbocycles. The fraction of sp³-hybridized carbons (Fsp3) is 0.417. The molecule has 0 atom stereocenters. The van der Waals surface area contributed by atoms with Gasteiger partial charge in [0.05, 0.1) is 29.1 Å². The van der Waals surface area contributed by atoms with Gasteiger partial charge in [-0.05, 0) is 49.6 Å². The molecule has 0 saturated heterocycles. The van der Waals surface area contributed by atoms with E-state index in [1.54, 1.807) is 31.2 Å². The van der Waals surface area contributed by atoms with Crippen LogP contribution in [0.15, 0.2) is 30.3 Å². The largest absolute Gasteiger partial charge is 0.493 e. The molecule has 1 fully saturated rings. The summed E-state index contributed by atoms with van der Waals surface area (Å²) in [5.41, 5.74) is 1.88. The molecule has 7 heteroatoms. The maximum Gasteiger partial charge on any atom is 0.338 e. The first-order valence-corrected chi connectivity index (χ1v) is 10.2. The van der Waals surface area contributed by atoms with Gasteiger partial charge in [-0.25, -0.2) is 4.79 Å². The average molecular weight is 428 g/mol. The van der Waals surface area contributed by atoms with Gasteiger partial charge in [-0.1, -0.05) is 12.5 Å². The number of carbonyl (C=O) groups excluding carboxylic acids is 2. The average Bonchev–Trinajstić information content (AvgIpc) is 3.13. The van der Waals surface area contributed by atoms with Crippen LogP contribution in [0.5, 0.6) is 17.2 Å². The molecule has 164 valence electrons. The fourth-order valence-electron chi connectivity index (χ4n) is 3.99. The molecule has 0 bridgehead atoms. The van der Waals surface area contributed by atoms with Gasteiger partial charge in [-0.3, -0.25) is 4.79 Å². The minimum atomic E-state index is -1.62. The van der Waals surface area contributed by atoms with Gasteiger partial charge in [0.25, 0.3) is 0 Å². The number of carbonyl (C=O) groups is 2. The number of benzene rings is 2. The third kappa shape index (κ3) is 3.69. The molecule has 31 heavy (non-hydrogen) atoms. The molecule has 2 aliphatic rings. The van der Waals surface area contributed by atoms with E-state index in [1.807, 2.05) is 6.07 Å². The number of ether oxygens (including phenoxy) is 5. The smallest absolute Gasteiger partial charge is 0.338 e. The molecule has 1 heterocycles. The zero-order chi connectivity index (χ0) is 23.6. The molecule has 2 aromatic rings. The van der Waals surface area contributed by atoms with Crippen molar-refractivity contribution in [1.29, 1.82) is 0 Å². The van der Waals surface area contributed by atoms with Crippen LogP contribution in [-0.4, -0.2) is 39.3 Å². The van der Waals surface area contributed by atoms with Crippen molar-refractivity contribution < 1.29 is 36.0 Å². The Morgan fingerprint density at radius 3 is 2.65 bits per heavy atom. The van der Waals surface area contributed by atoms with Crippen LogP contribution in [0.3, 0.4) is 0 Å². The van der Waals surface area contributed by atoms with E-state index in [4.69, 9.17) is 26.4 Å². The highest BCUT2D eigenvalue weighted by molar-refractivity contribution is 5.94. The lowest BCUT2D eigenvalue weighted by Gasteiger charge is -2.38. The maximum atomic E-state index is 12.6. The summed E-state index contributed by atoms with van der Waals surface area (Å²) in [6.07, 6.45) is 2.20. The molecule has 0 spiro atoms. The van der Waals surface area contributed by atoms with Gasteiger partial charge >= 0.3 is 11.9 Å². The summed E-state index contributed by atoms with van der Waals surface area (Å²) < 4.78 is 42.7. The highest BCUT2D eigenvalue weighted by Gasteiger charge is 2.46. The van der Waals surface area contributed by atoms with Crippen molar-refractivity contribution in [2.24, 2.45) is 5.41 Å². The SMILES string of the molecule is [2H]C([2H])Oc1c(OC)ccc(-c2ccc3c(c2)COC3=O)c1OCC1(C(=O)OCC)CCC1. The number of hydrogen-bond acceptors (Lipinski definition) is 7. The van der Waals surface area contributed by atoms with Crippen LogP contribution in [0.25, 0.3) is 11.1 Å². The van der Waals surface area contributed by atoms with Crippen molar-refractivity contribution in [3.8, 4) is 28.4 Å². The van der Waals surface area contributed by atoms with Gasteiger partial charge in [-0.2, -0.15) is 0 Å². The second-order valence-electron chi connectivity index (χ2n) is 7.68. The third-order valence-corrected chi connectivity index (χ3v) is 5.92. The zero-order valence-corrected chi connectivity index (χ0v) is 17.6. The van der Waals surface area contributed by atoms with E-state index < -0.39 is 12.5 Å². The summed E-state index contributed by atoms with van der Waals surface area (Å²) in [5, 5.41) is 0. The van der Waals surface area contributed by atoms with E-state index in [0.29, 0.717) is 29.7 Å². The van der Waals surface area contributed by atoms with Crippen LogP contribution < -0.4 is 14.2 Å². The minimum Gasteiger partial charge on any atom is -0.493 e. The number of esters is 2. The summed E-state index contributed by atoms with van der Waals surface area (Å²) in [7, 11) is -0.163. The van der Waals surface area contributed by atoms with Gasteiger partial charge in [0.1, 0.15) is 18.6 Å². The second kappa shape index (κ2) is 8.49. The molecule has 0 unspecified atom stereocenters. The fourth-order valence-corrected chi connectivity index (χ4v) is 3.99. The predicted molar refractivity (Wildman–Crippen MR) is 113 cm³/mol. The van der Waals surface area contributed by atoms with Crippen molar-refractivity contribution in [2.45, 2.75) is 32.8 Å². The molecule has 0 N–H and O–H groups in total. The van der Waals surface area contributed by atoms with E-state index >= 15 is 0 Å². The van der Waals surface area contributed by atoms with Gasteiger partial charge in [0.2, 0.25) is 5.75 Å². The van der Waals surface area contributed by atoms with E-state index in [-0.39, 0.29) is 43.3 Å². The van der Waals surface area contributed by atoms with Crippen LogP contribution in [0, 0.1) is 5.41 Å². The number of fused-ring (bicyclic) bond motifs is 1. The van der Waals surface area contributed by atoms with Crippen LogP contribution in [0.1, 0.15) is 44.8 Å². The number of rotatable bonds is 8. The van der Waals surface area contributed by atoms with E-state index in [0.717, 1.165) is 17.5 Å². The van der Waals surface area contributed by atoms with Crippen molar-refractivity contribution in [1.82, 2.24) is 0 Å². The normalized spacial score (nSPS) is 17.1. The lowest BCUT2D eigenvalue weighted by atomic mass is 9.69. The molecule has 0 amide bonds. The monoisotopic (exact) mass is 428 g/mol. The van der Waals surface area contributed by atoms with Crippen LogP contribution >= 0.6 is 0 Å². The first-order chi connectivity index (χ1) is 15.9. The van der Waals surface area contributed by atoms with Crippen LogP contribution in [0.2, 0.25) is 0 Å². The Morgan fingerprint density at radius 2 is 1.97 bits per heavy atom. The van der Waals surface area contributed by atoms with Crippen LogP contribution in [0.4, 0.5) is 0 Å². The lowest BCUT2D eigenvalue weighted by Crippen LogP contribution is -2.44. The Morgan fingerprint density at radius 1 is 1.16 bits per heavy atom. The molecule has 0 aromatic heterocycles. The number of cyclic esters (lactones) is 1. The van der Waals surface area contributed by atoms with Crippen molar-refractivity contribution in [3.05, 3.63) is 41.5 Å². The van der Waals surface area contributed by atoms with Gasteiger partial charge in [-0.15, -0.1) is 0 Å². The topological polar surface area (TPSA) is 80.3 Å². The van der Waals surface area contributed by atoms with Gasteiger partial charge < -0.3 is 23.7 Å². The Bertz CT molecular complexity index is 1060. The zero-order valence-electron chi connectivity index (χ0n) is 19.6. The highest BCUT2D eigenvalue weighted by Crippen LogP contribution is 2.48. The predicted octanol–water partition coefficient (Wildman–Crippen LogP) is 4.15. The van der Waals surface area contributed by atoms with Crippen molar-refractivity contribution in [2.75, 3.05) is 27.4 Å². The van der Waals surface area contributed by atoms with E-state index in [9.17, 15) is 9.59 Å². The Kier molecular flexibility index (Phi) is 5.08. The minimum absolute atomic E-state index is 0.0650. The molecular formula is C24H26O7. The van der Waals surface area contributed by atoms with Crippen molar-refractivity contribution >= 4 is 11.9 Å². The summed E-state index contributed by atoms with van der Waals surface area (Å²) in [6, 6.07) is 8.74. The Labute approximate surface area is 184 Å². The standard InChI is InChI=1S/C24H26O7/c1-4-29-23(26)24(10-5-11-24)14-31-20-17(8-9-19(27-2)21(20)28-3)15-6-7-18-16(12-15)13-30-22(18)25/h6-9,12H,4-5,10-11,13-14H2,1-3H3/i3D2. The lowest BCUT2D eigenvalue weighted by molar-refractivity contribution is -0.163. The molecule has 1 aliphatic carbocycles. The first kappa shape index (κ1) is 18.5. The molecule has 4 rings (SSSR count). The molecular weight excluding hydrogens is 400 g/mol. The van der Waals surface area contributed by atoms with Gasteiger partial charge in [0.15, 0.2) is 11.5 Å². The Balaban J connectivity index is 1.76. The molecule has 2 aromatic carbocycles. The molecule has 7 nitrogen and oxygen atoms in total. The quantitative estimate of drug-likeness (QED) is 0.584. The van der Waals surface area contributed by atoms with Gasteiger partial charge in [0, 0.05) is 11.1 Å². The van der Waals surface area contributed by atoms with E-state index in [1.165, 1.54) is 7.11 Å². The Hall–Kier alpha value is -3.22. The van der Waals surface area contributed by atoms with Crippen molar-refractivity contribution in [3.63, 3.8) is 0 Å². The number of methoxy groups -OCH3 is 2.